The van der Waals surface area contributed by atoms with E-state index in [2.05, 4.69) is 10.3 Å². The van der Waals surface area contributed by atoms with Crippen LogP contribution in [0.3, 0.4) is 0 Å². The number of hydrogen-bond donors (Lipinski definition) is 1. The molecule has 3 heterocycles. The highest BCUT2D eigenvalue weighted by Crippen LogP contribution is 2.36. The second-order valence-electron chi connectivity index (χ2n) is 7.34. The highest BCUT2D eigenvalue weighted by molar-refractivity contribution is 7.15. The Balaban J connectivity index is 1.53. The summed E-state index contributed by atoms with van der Waals surface area (Å²) < 4.78 is 15.7. The van der Waals surface area contributed by atoms with Crippen LogP contribution in [0.2, 0.25) is 0 Å². The van der Waals surface area contributed by atoms with Gasteiger partial charge in [0.2, 0.25) is 0 Å². The molecule has 2 amide bonds. The summed E-state index contributed by atoms with van der Waals surface area (Å²) in [6.45, 7) is 1.17. The summed E-state index contributed by atoms with van der Waals surface area (Å²) >= 11 is 1.29. The number of carbonyl (C=O) groups is 2. The standard InChI is InChI=1S/C20H22N4O7S/c1-29-15-8-11(13(24(27)28)9-16(15)30-2)19(26)23-6-5-12-17(10-23)32-20(21-12)22-18(25)14-4-3-7-31-14/h8-9,14H,3-7,10H2,1-2H3,(H,21,22,25). The first-order chi connectivity index (χ1) is 15.4. The number of fused-ring (bicyclic) bond motifs is 1. The SMILES string of the molecule is COc1cc(C(=O)N2CCc3nc(NC(=O)C4CCCO4)sc3C2)c([N+](=O)[O-])cc1OC. The van der Waals surface area contributed by atoms with Gasteiger partial charge >= 0.3 is 0 Å². The van der Waals surface area contributed by atoms with Gasteiger partial charge in [0, 0.05) is 30.5 Å². The highest BCUT2D eigenvalue weighted by atomic mass is 32.1. The molecule has 1 N–H and O–H groups in total. The second-order valence-corrected chi connectivity index (χ2v) is 8.42. The summed E-state index contributed by atoms with van der Waals surface area (Å²) in [4.78, 5) is 43.2. The molecule has 1 saturated heterocycles. The van der Waals surface area contributed by atoms with Crippen LogP contribution in [0.4, 0.5) is 10.8 Å². The van der Waals surface area contributed by atoms with E-state index >= 15 is 0 Å². The Bertz CT molecular complexity index is 1060. The van der Waals surface area contributed by atoms with Gasteiger partial charge in [0.1, 0.15) is 11.7 Å². The van der Waals surface area contributed by atoms with Crippen LogP contribution < -0.4 is 14.8 Å². The van der Waals surface area contributed by atoms with Gasteiger partial charge in [0.25, 0.3) is 17.5 Å². The molecule has 2 aliphatic rings. The molecule has 12 heteroatoms. The summed E-state index contributed by atoms with van der Waals surface area (Å²) in [6.07, 6.45) is 1.56. The quantitative estimate of drug-likeness (QED) is 0.511. The Morgan fingerprint density at radius 1 is 1.31 bits per heavy atom. The van der Waals surface area contributed by atoms with Crippen molar-refractivity contribution in [2.24, 2.45) is 0 Å². The number of nitro benzene ring substituents is 1. The van der Waals surface area contributed by atoms with Gasteiger partial charge < -0.3 is 19.1 Å². The van der Waals surface area contributed by atoms with E-state index < -0.39 is 16.9 Å². The van der Waals surface area contributed by atoms with E-state index in [0.717, 1.165) is 17.0 Å². The van der Waals surface area contributed by atoms with Crippen LogP contribution in [0, 0.1) is 10.1 Å². The summed E-state index contributed by atoms with van der Waals surface area (Å²) in [5.74, 6) is -0.300. The van der Waals surface area contributed by atoms with Crippen molar-refractivity contribution in [2.75, 3.05) is 32.7 Å². The second kappa shape index (κ2) is 9.09. The number of methoxy groups -OCH3 is 2. The summed E-state index contributed by atoms with van der Waals surface area (Å²) in [6, 6.07) is 2.52. The molecule has 32 heavy (non-hydrogen) atoms. The monoisotopic (exact) mass is 462 g/mol. The Hall–Kier alpha value is -3.25. The Kier molecular flexibility index (Phi) is 6.24. The van der Waals surface area contributed by atoms with Crippen molar-refractivity contribution >= 4 is 34.0 Å². The first-order valence-electron chi connectivity index (χ1n) is 10.0. The molecular formula is C20H22N4O7S. The highest BCUT2D eigenvalue weighted by Gasteiger charge is 2.32. The van der Waals surface area contributed by atoms with Crippen molar-refractivity contribution < 1.29 is 28.7 Å². The predicted octanol–water partition coefficient (Wildman–Crippen LogP) is 2.38. The molecule has 1 unspecified atom stereocenters. The lowest BCUT2D eigenvalue weighted by Gasteiger charge is -2.26. The average molecular weight is 462 g/mol. The van der Waals surface area contributed by atoms with Crippen molar-refractivity contribution in [3.63, 3.8) is 0 Å². The van der Waals surface area contributed by atoms with E-state index in [0.29, 0.717) is 31.1 Å². The molecule has 0 aliphatic carbocycles. The minimum Gasteiger partial charge on any atom is -0.493 e. The number of nitro groups is 1. The van der Waals surface area contributed by atoms with E-state index in [1.807, 2.05) is 0 Å². The minimum absolute atomic E-state index is 0.0764. The van der Waals surface area contributed by atoms with Crippen LogP contribution in [0.25, 0.3) is 0 Å². The fraction of sp³-hybridized carbons (Fsp3) is 0.450. The zero-order valence-electron chi connectivity index (χ0n) is 17.6. The molecular weight excluding hydrogens is 440 g/mol. The van der Waals surface area contributed by atoms with Crippen molar-refractivity contribution in [1.29, 1.82) is 0 Å². The molecule has 1 fully saturated rings. The maximum Gasteiger partial charge on any atom is 0.286 e. The molecule has 4 rings (SSSR count). The predicted molar refractivity (Wildman–Crippen MR) is 114 cm³/mol. The summed E-state index contributed by atoms with van der Waals surface area (Å²) in [5, 5.41) is 14.8. The number of aromatic nitrogens is 1. The molecule has 0 spiro atoms. The summed E-state index contributed by atoms with van der Waals surface area (Å²) in [7, 11) is 2.77. The molecule has 0 bridgehead atoms. The molecule has 2 aliphatic heterocycles. The number of ether oxygens (including phenoxy) is 3. The van der Waals surface area contributed by atoms with Gasteiger partial charge in [-0.2, -0.15) is 0 Å². The van der Waals surface area contributed by atoms with Crippen LogP contribution in [0.1, 0.15) is 33.8 Å². The smallest absolute Gasteiger partial charge is 0.286 e. The van der Waals surface area contributed by atoms with E-state index in [1.165, 1.54) is 42.6 Å². The van der Waals surface area contributed by atoms with Gasteiger partial charge in [0.05, 0.1) is 37.4 Å². The van der Waals surface area contributed by atoms with Gasteiger partial charge in [-0.15, -0.1) is 0 Å². The molecule has 1 aromatic carbocycles. The van der Waals surface area contributed by atoms with Gasteiger partial charge in [-0.05, 0) is 12.8 Å². The molecule has 170 valence electrons. The number of hydrogen-bond acceptors (Lipinski definition) is 9. The molecule has 11 nitrogen and oxygen atoms in total. The minimum atomic E-state index is -0.615. The van der Waals surface area contributed by atoms with Crippen molar-refractivity contribution in [3.05, 3.63) is 38.4 Å². The van der Waals surface area contributed by atoms with E-state index in [4.69, 9.17) is 14.2 Å². The average Bonchev–Trinajstić information content (AvgIpc) is 3.46. The maximum atomic E-state index is 13.2. The number of carbonyl (C=O) groups excluding carboxylic acids is 2. The fourth-order valence-corrected chi connectivity index (χ4v) is 4.78. The maximum absolute atomic E-state index is 13.2. The Morgan fingerprint density at radius 3 is 2.72 bits per heavy atom. The normalized spacial score (nSPS) is 17.6. The number of nitrogens with zero attached hydrogens (tertiary/aromatic N) is 3. The largest absolute Gasteiger partial charge is 0.493 e. The molecule has 0 radical (unpaired) electrons. The number of rotatable bonds is 6. The van der Waals surface area contributed by atoms with Crippen LogP contribution in [-0.4, -0.2) is 60.1 Å². The van der Waals surface area contributed by atoms with Crippen molar-refractivity contribution in [3.8, 4) is 11.5 Å². The third-order valence-corrected chi connectivity index (χ3v) is 6.40. The Labute approximate surface area is 187 Å². The lowest BCUT2D eigenvalue weighted by atomic mass is 10.1. The zero-order valence-corrected chi connectivity index (χ0v) is 18.4. The van der Waals surface area contributed by atoms with Crippen molar-refractivity contribution in [2.45, 2.75) is 31.9 Å². The lowest BCUT2D eigenvalue weighted by molar-refractivity contribution is -0.385. The fourth-order valence-electron chi connectivity index (χ4n) is 3.75. The van der Waals surface area contributed by atoms with Gasteiger partial charge in [-0.25, -0.2) is 4.98 Å². The molecule has 0 saturated carbocycles. The molecule has 1 atom stereocenters. The van der Waals surface area contributed by atoms with Gasteiger partial charge in [-0.3, -0.25) is 25.0 Å². The van der Waals surface area contributed by atoms with Crippen molar-refractivity contribution in [1.82, 2.24) is 9.88 Å². The van der Waals surface area contributed by atoms with Gasteiger partial charge in [0.15, 0.2) is 16.6 Å². The first-order valence-corrected chi connectivity index (χ1v) is 10.8. The third-order valence-electron chi connectivity index (χ3n) is 5.40. The van der Waals surface area contributed by atoms with Gasteiger partial charge in [-0.1, -0.05) is 11.3 Å². The van der Waals surface area contributed by atoms with E-state index in [1.54, 1.807) is 0 Å². The third kappa shape index (κ3) is 4.23. The van der Waals surface area contributed by atoms with E-state index in [9.17, 15) is 19.7 Å². The van der Waals surface area contributed by atoms with Crippen LogP contribution in [0.15, 0.2) is 12.1 Å². The van der Waals surface area contributed by atoms with E-state index in [-0.39, 0.29) is 35.2 Å². The number of benzene rings is 1. The molecule has 1 aromatic heterocycles. The Morgan fingerprint density at radius 2 is 2.06 bits per heavy atom. The number of anilines is 1. The topological polar surface area (TPSA) is 133 Å². The first kappa shape index (κ1) is 22.0. The molecule has 2 aromatic rings. The van der Waals surface area contributed by atoms with Crippen LogP contribution >= 0.6 is 11.3 Å². The zero-order chi connectivity index (χ0) is 22.8. The number of nitrogens with one attached hydrogen (secondary N) is 1. The van der Waals surface area contributed by atoms with Crippen LogP contribution in [-0.2, 0) is 22.5 Å². The number of thiazole rings is 1. The summed E-state index contributed by atoms with van der Waals surface area (Å²) in [5.41, 5.74) is 0.378. The van der Waals surface area contributed by atoms with Crippen LogP contribution in [0.5, 0.6) is 11.5 Å². The lowest BCUT2D eigenvalue weighted by Crippen LogP contribution is -2.35. The number of amides is 2.